The van der Waals surface area contributed by atoms with E-state index in [-0.39, 0.29) is 30.8 Å². The van der Waals surface area contributed by atoms with Gasteiger partial charge in [-0.2, -0.15) is 0 Å². The Morgan fingerprint density at radius 2 is 2.00 bits per heavy atom. The lowest BCUT2D eigenvalue weighted by atomic mass is 10.1. The summed E-state index contributed by atoms with van der Waals surface area (Å²) in [5.74, 6) is 0.331. The number of morpholine rings is 1. The summed E-state index contributed by atoms with van der Waals surface area (Å²) in [6.45, 7) is 4.35. The summed E-state index contributed by atoms with van der Waals surface area (Å²) >= 11 is 0. The van der Waals surface area contributed by atoms with Crippen LogP contribution in [0.2, 0.25) is 0 Å². The minimum atomic E-state index is -0.412. The molecule has 1 unspecified atom stereocenters. The molecule has 0 bridgehead atoms. The molecular weight excluding hydrogens is 406 g/mol. The molecule has 8 heteroatoms. The minimum absolute atomic E-state index is 0. The van der Waals surface area contributed by atoms with Gasteiger partial charge in [-0.3, -0.25) is 9.59 Å². The predicted octanol–water partition coefficient (Wildman–Crippen LogP) is 2.08. The molecule has 0 aromatic heterocycles. The number of ether oxygens (including phenoxy) is 2. The maximum atomic E-state index is 12.0. The molecule has 2 amide bonds. The molecule has 1 atom stereocenters. The molecular formula is C22H28ClN3O4. The third-order valence-electron chi connectivity index (χ3n) is 4.53. The van der Waals surface area contributed by atoms with E-state index in [0.717, 1.165) is 23.4 Å². The first-order valence-electron chi connectivity index (χ1n) is 9.78. The number of aryl methyl sites for hydroxylation is 1. The first kappa shape index (κ1) is 23.7. The summed E-state index contributed by atoms with van der Waals surface area (Å²) in [5.41, 5.74) is 2.91. The van der Waals surface area contributed by atoms with E-state index >= 15 is 0 Å². The van der Waals surface area contributed by atoms with Gasteiger partial charge in [0, 0.05) is 25.3 Å². The molecule has 162 valence electrons. The lowest BCUT2D eigenvalue weighted by molar-refractivity contribution is -0.134. The normalized spacial score (nSPS) is 15.6. The largest absolute Gasteiger partial charge is 0.484 e. The highest BCUT2D eigenvalue weighted by molar-refractivity contribution is 5.91. The summed E-state index contributed by atoms with van der Waals surface area (Å²) < 4.78 is 11.0. The Hall–Kier alpha value is -2.61. The zero-order valence-electron chi connectivity index (χ0n) is 17.0. The Bertz CT molecular complexity index is 823. The van der Waals surface area contributed by atoms with Gasteiger partial charge >= 0.3 is 0 Å². The number of halogens is 1. The highest BCUT2D eigenvalue weighted by atomic mass is 35.5. The van der Waals surface area contributed by atoms with Crippen molar-refractivity contribution in [1.29, 1.82) is 0 Å². The Balaban J connectivity index is 0.00000320. The van der Waals surface area contributed by atoms with Gasteiger partial charge in [0.15, 0.2) is 6.61 Å². The van der Waals surface area contributed by atoms with Crippen LogP contribution in [-0.4, -0.2) is 50.8 Å². The van der Waals surface area contributed by atoms with E-state index in [1.165, 1.54) is 0 Å². The second-order valence-electron chi connectivity index (χ2n) is 6.95. The van der Waals surface area contributed by atoms with Gasteiger partial charge < -0.3 is 25.4 Å². The first-order valence-corrected chi connectivity index (χ1v) is 9.78. The van der Waals surface area contributed by atoms with Gasteiger partial charge in [0.2, 0.25) is 5.91 Å². The van der Waals surface area contributed by atoms with Crippen LogP contribution in [0.4, 0.5) is 5.69 Å². The van der Waals surface area contributed by atoms with Crippen LogP contribution in [0.15, 0.2) is 48.5 Å². The van der Waals surface area contributed by atoms with Crippen LogP contribution in [0.1, 0.15) is 11.1 Å². The van der Waals surface area contributed by atoms with Crippen molar-refractivity contribution in [2.45, 2.75) is 19.4 Å². The van der Waals surface area contributed by atoms with Crippen LogP contribution in [0, 0.1) is 6.92 Å². The molecule has 1 aliphatic rings. The number of carbonyl (C=O) groups excluding carboxylic acids is 2. The standard InChI is InChI=1S/C22H27N3O4.ClH/c1-16-3-2-4-18(13-16)25-21(26)15-29-19-7-5-17(6-8-19)9-10-24-22(27)20-14-23-11-12-28-20;/h2-8,13,20,23H,9-12,14-15H2,1H3,(H,24,27)(H,25,26);1H. The lowest BCUT2D eigenvalue weighted by Crippen LogP contribution is -2.48. The molecule has 30 heavy (non-hydrogen) atoms. The molecule has 0 spiro atoms. The Kier molecular flexibility index (Phi) is 9.60. The Morgan fingerprint density at radius 1 is 1.20 bits per heavy atom. The number of hydrogen-bond donors (Lipinski definition) is 3. The number of benzene rings is 2. The molecule has 1 fully saturated rings. The smallest absolute Gasteiger partial charge is 0.262 e. The van der Waals surface area contributed by atoms with Crippen molar-refractivity contribution < 1.29 is 19.1 Å². The molecule has 3 N–H and O–H groups in total. The van der Waals surface area contributed by atoms with Crippen molar-refractivity contribution >= 4 is 29.9 Å². The second kappa shape index (κ2) is 12.2. The number of carbonyl (C=O) groups is 2. The molecule has 2 aromatic rings. The second-order valence-corrected chi connectivity index (χ2v) is 6.95. The van der Waals surface area contributed by atoms with Gasteiger partial charge in [0.25, 0.3) is 5.91 Å². The molecule has 1 saturated heterocycles. The van der Waals surface area contributed by atoms with E-state index in [2.05, 4.69) is 16.0 Å². The van der Waals surface area contributed by atoms with Gasteiger partial charge in [-0.15, -0.1) is 12.4 Å². The number of nitrogens with one attached hydrogen (secondary N) is 3. The van der Waals surface area contributed by atoms with Crippen molar-refractivity contribution in [2.24, 2.45) is 0 Å². The Labute approximate surface area is 182 Å². The van der Waals surface area contributed by atoms with Gasteiger partial charge in [-0.1, -0.05) is 24.3 Å². The van der Waals surface area contributed by atoms with E-state index in [4.69, 9.17) is 9.47 Å². The Morgan fingerprint density at radius 3 is 2.70 bits per heavy atom. The zero-order chi connectivity index (χ0) is 20.5. The van der Waals surface area contributed by atoms with E-state index in [0.29, 0.717) is 31.9 Å². The number of rotatable bonds is 8. The quantitative estimate of drug-likeness (QED) is 0.593. The molecule has 1 aliphatic heterocycles. The molecule has 0 saturated carbocycles. The highest BCUT2D eigenvalue weighted by Crippen LogP contribution is 2.13. The summed E-state index contributed by atoms with van der Waals surface area (Å²) in [5, 5.41) is 8.84. The number of amides is 2. The van der Waals surface area contributed by atoms with Crippen molar-refractivity contribution in [3.8, 4) is 5.75 Å². The van der Waals surface area contributed by atoms with Crippen molar-refractivity contribution in [2.75, 3.05) is 38.2 Å². The van der Waals surface area contributed by atoms with E-state index in [1.807, 2.05) is 55.5 Å². The number of hydrogen-bond acceptors (Lipinski definition) is 5. The van der Waals surface area contributed by atoms with Crippen molar-refractivity contribution in [1.82, 2.24) is 10.6 Å². The topological polar surface area (TPSA) is 88.7 Å². The van der Waals surface area contributed by atoms with Crippen molar-refractivity contribution in [3.63, 3.8) is 0 Å². The molecule has 3 rings (SSSR count). The average Bonchev–Trinajstić information content (AvgIpc) is 2.74. The van der Waals surface area contributed by atoms with Gasteiger partial charge in [0.1, 0.15) is 11.9 Å². The summed E-state index contributed by atoms with van der Waals surface area (Å²) in [7, 11) is 0. The van der Waals surface area contributed by atoms with Gasteiger partial charge in [-0.05, 0) is 48.7 Å². The van der Waals surface area contributed by atoms with E-state index in [9.17, 15) is 9.59 Å². The van der Waals surface area contributed by atoms with E-state index in [1.54, 1.807) is 0 Å². The number of anilines is 1. The molecule has 1 heterocycles. The fraction of sp³-hybridized carbons (Fsp3) is 0.364. The monoisotopic (exact) mass is 433 g/mol. The average molecular weight is 434 g/mol. The van der Waals surface area contributed by atoms with Crippen LogP contribution < -0.4 is 20.7 Å². The third kappa shape index (κ3) is 7.67. The SMILES string of the molecule is Cc1cccc(NC(=O)COc2ccc(CCNC(=O)C3CNCCO3)cc2)c1.Cl. The van der Waals surface area contributed by atoms with Crippen LogP contribution in [-0.2, 0) is 20.7 Å². The third-order valence-corrected chi connectivity index (χ3v) is 4.53. The maximum absolute atomic E-state index is 12.0. The van der Waals surface area contributed by atoms with Crippen LogP contribution in [0.25, 0.3) is 0 Å². The molecule has 0 radical (unpaired) electrons. The minimum Gasteiger partial charge on any atom is -0.484 e. The van der Waals surface area contributed by atoms with Crippen LogP contribution in [0.3, 0.4) is 0 Å². The first-order chi connectivity index (χ1) is 14.1. The van der Waals surface area contributed by atoms with Gasteiger partial charge in [-0.25, -0.2) is 0 Å². The zero-order valence-corrected chi connectivity index (χ0v) is 17.8. The summed E-state index contributed by atoms with van der Waals surface area (Å²) in [6, 6.07) is 15.1. The highest BCUT2D eigenvalue weighted by Gasteiger charge is 2.20. The fourth-order valence-corrected chi connectivity index (χ4v) is 3.00. The van der Waals surface area contributed by atoms with Crippen molar-refractivity contribution in [3.05, 3.63) is 59.7 Å². The van der Waals surface area contributed by atoms with Crippen LogP contribution in [0.5, 0.6) is 5.75 Å². The lowest BCUT2D eigenvalue weighted by Gasteiger charge is -2.22. The fourth-order valence-electron chi connectivity index (χ4n) is 3.00. The molecule has 0 aliphatic carbocycles. The summed E-state index contributed by atoms with van der Waals surface area (Å²) in [6.07, 6.45) is 0.297. The van der Waals surface area contributed by atoms with Gasteiger partial charge in [0.05, 0.1) is 6.61 Å². The van der Waals surface area contributed by atoms with E-state index < -0.39 is 6.10 Å². The predicted molar refractivity (Wildman–Crippen MR) is 118 cm³/mol. The van der Waals surface area contributed by atoms with Crippen LogP contribution >= 0.6 is 12.4 Å². The maximum Gasteiger partial charge on any atom is 0.262 e. The molecule has 7 nitrogen and oxygen atoms in total. The molecule has 2 aromatic carbocycles. The summed E-state index contributed by atoms with van der Waals surface area (Å²) in [4.78, 5) is 24.0.